The first-order chi connectivity index (χ1) is 9.15. The van der Waals surface area contributed by atoms with Crippen LogP contribution in [-0.4, -0.2) is 21.9 Å². The standard InChI is InChI=1S/C17H30NO2/c1-8-16(9-2)12-13(14(19)15(5,6)7)17(10-3,11-4)18(16)20/h12H,8-11H2,1-7H3. The number of ketones is 1. The molecule has 20 heavy (non-hydrogen) atoms. The van der Waals surface area contributed by atoms with Crippen molar-refractivity contribution in [3.63, 3.8) is 0 Å². The quantitative estimate of drug-likeness (QED) is 0.753. The Labute approximate surface area is 124 Å². The predicted molar refractivity (Wildman–Crippen MR) is 81.7 cm³/mol. The van der Waals surface area contributed by atoms with E-state index in [0.29, 0.717) is 12.8 Å². The van der Waals surface area contributed by atoms with Gasteiger partial charge < -0.3 is 0 Å². The highest BCUT2D eigenvalue weighted by atomic mass is 16.5. The monoisotopic (exact) mass is 280 g/mol. The maximum Gasteiger partial charge on any atom is 0.165 e. The number of Topliss-reactive ketones (excluding diaryl/α,β-unsaturated/α-hetero) is 1. The van der Waals surface area contributed by atoms with E-state index in [1.165, 1.54) is 5.06 Å². The van der Waals surface area contributed by atoms with Gasteiger partial charge in [-0.2, -0.15) is 0 Å². The zero-order chi connectivity index (χ0) is 15.8. The summed E-state index contributed by atoms with van der Waals surface area (Å²) in [5.74, 6) is 0.117. The summed E-state index contributed by atoms with van der Waals surface area (Å²) in [6.07, 6.45) is 4.84. The van der Waals surface area contributed by atoms with Crippen molar-refractivity contribution in [2.75, 3.05) is 0 Å². The summed E-state index contributed by atoms with van der Waals surface area (Å²) in [5.41, 5.74) is -0.855. The number of hydrogen-bond acceptors (Lipinski definition) is 2. The van der Waals surface area contributed by atoms with Gasteiger partial charge in [0, 0.05) is 11.0 Å². The van der Waals surface area contributed by atoms with Crippen molar-refractivity contribution in [2.45, 2.75) is 85.2 Å². The van der Waals surface area contributed by atoms with Crippen molar-refractivity contribution < 1.29 is 10.0 Å². The van der Waals surface area contributed by atoms with Gasteiger partial charge in [0.05, 0.1) is 11.1 Å². The Morgan fingerprint density at radius 2 is 1.50 bits per heavy atom. The first-order valence-electron chi connectivity index (χ1n) is 7.90. The molecule has 0 aromatic heterocycles. The average molecular weight is 280 g/mol. The van der Waals surface area contributed by atoms with Gasteiger partial charge in [0.2, 0.25) is 0 Å². The molecule has 115 valence electrons. The maximum atomic E-state index is 13.0. The largest absolute Gasteiger partial charge is 0.294 e. The van der Waals surface area contributed by atoms with Gasteiger partial charge in [-0.05, 0) is 25.7 Å². The number of hydroxylamine groups is 2. The minimum Gasteiger partial charge on any atom is -0.294 e. The van der Waals surface area contributed by atoms with Crippen LogP contribution in [-0.2, 0) is 10.0 Å². The summed E-state index contributed by atoms with van der Waals surface area (Å²) < 4.78 is 0. The van der Waals surface area contributed by atoms with Gasteiger partial charge in [0.1, 0.15) is 0 Å². The summed E-state index contributed by atoms with van der Waals surface area (Å²) >= 11 is 0. The Kier molecular flexibility index (Phi) is 4.87. The summed E-state index contributed by atoms with van der Waals surface area (Å²) in [6, 6.07) is 0. The van der Waals surface area contributed by atoms with Gasteiger partial charge in [0.25, 0.3) is 0 Å². The van der Waals surface area contributed by atoms with Crippen LogP contribution in [0.1, 0.15) is 74.1 Å². The van der Waals surface area contributed by atoms with Crippen LogP contribution in [0.4, 0.5) is 0 Å². The molecule has 1 heterocycles. The SMILES string of the molecule is CCC1(CC)C=C(C(=O)C(C)(C)C)C(CC)(CC)N1[O]. The second-order valence-corrected chi connectivity index (χ2v) is 6.98. The minimum absolute atomic E-state index is 0.117. The van der Waals surface area contributed by atoms with Gasteiger partial charge in [-0.3, -0.25) is 4.79 Å². The molecule has 0 bridgehead atoms. The first-order valence-corrected chi connectivity index (χ1v) is 7.90. The van der Waals surface area contributed by atoms with E-state index in [1.807, 2.05) is 54.5 Å². The lowest BCUT2D eigenvalue weighted by molar-refractivity contribution is -0.258. The fourth-order valence-corrected chi connectivity index (χ4v) is 3.34. The molecule has 0 amide bonds. The van der Waals surface area contributed by atoms with Crippen LogP contribution < -0.4 is 0 Å². The molecule has 3 nitrogen and oxygen atoms in total. The molecule has 0 saturated carbocycles. The zero-order valence-corrected chi connectivity index (χ0v) is 14.2. The summed E-state index contributed by atoms with van der Waals surface area (Å²) in [6.45, 7) is 13.9. The molecule has 1 aliphatic rings. The van der Waals surface area contributed by atoms with Crippen molar-refractivity contribution in [1.29, 1.82) is 0 Å². The Morgan fingerprint density at radius 3 is 1.80 bits per heavy atom. The number of nitrogens with zero attached hydrogens (tertiary/aromatic N) is 1. The van der Waals surface area contributed by atoms with Gasteiger partial charge in [0.15, 0.2) is 5.78 Å². The van der Waals surface area contributed by atoms with E-state index in [-0.39, 0.29) is 5.78 Å². The molecule has 0 aromatic carbocycles. The molecule has 0 atom stereocenters. The van der Waals surface area contributed by atoms with Crippen LogP contribution in [0.5, 0.6) is 0 Å². The third-order valence-corrected chi connectivity index (χ3v) is 5.03. The number of carbonyl (C=O) groups excluding carboxylic acids is 1. The number of carbonyl (C=O) groups is 1. The van der Waals surface area contributed by atoms with Crippen molar-refractivity contribution in [3.8, 4) is 0 Å². The van der Waals surface area contributed by atoms with Crippen molar-refractivity contribution in [2.24, 2.45) is 5.41 Å². The van der Waals surface area contributed by atoms with E-state index in [1.54, 1.807) is 0 Å². The molecule has 0 spiro atoms. The van der Waals surface area contributed by atoms with Crippen LogP contribution >= 0.6 is 0 Å². The smallest absolute Gasteiger partial charge is 0.165 e. The molecule has 3 heteroatoms. The Bertz CT molecular complexity index is 396. The van der Waals surface area contributed by atoms with Gasteiger partial charge in [-0.25, -0.2) is 0 Å². The predicted octanol–water partition coefficient (Wildman–Crippen LogP) is 4.31. The lowest BCUT2D eigenvalue weighted by atomic mass is 9.76. The van der Waals surface area contributed by atoms with E-state index < -0.39 is 16.5 Å². The van der Waals surface area contributed by atoms with E-state index in [0.717, 1.165) is 18.4 Å². The zero-order valence-electron chi connectivity index (χ0n) is 14.2. The average Bonchev–Trinajstić information content (AvgIpc) is 2.67. The molecule has 0 aliphatic carbocycles. The number of hydrogen-bond donors (Lipinski definition) is 0. The summed E-state index contributed by atoms with van der Waals surface area (Å²) in [7, 11) is 0. The Hall–Kier alpha value is -0.670. The lowest BCUT2D eigenvalue weighted by Crippen LogP contribution is -2.53. The van der Waals surface area contributed by atoms with Gasteiger partial charge >= 0.3 is 0 Å². The van der Waals surface area contributed by atoms with Crippen LogP contribution in [0, 0.1) is 5.41 Å². The van der Waals surface area contributed by atoms with E-state index >= 15 is 0 Å². The minimum atomic E-state index is -0.642. The summed E-state index contributed by atoms with van der Waals surface area (Å²) in [4.78, 5) is 12.8. The van der Waals surface area contributed by atoms with Gasteiger partial charge in [-0.15, -0.1) is 10.3 Å². The third kappa shape index (κ3) is 2.35. The molecular formula is C17H30NO2. The van der Waals surface area contributed by atoms with E-state index in [4.69, 9.17) is 0 Å². The number of rotatable bonds is 5. The Balaban J connectivity index is 3.46. The van der Waals surface area contributed by atoms with Crippen molar-refractivity contribution in [3.05, 3.63) is 11.6 Å². The van der Waals surface area contributed by atoms with Crippen LogP contribution in [0.15, 0.2) is 11.6 Å². The van der Waals surface area contributed by atoms with Crippen LogP contribution in [0.3, 0.4) is 0 Å². The Morgan fingerprint density at radius 1 is 1.05 bits per heavy atom. The lowest BCUT2D eigenvalue weighted by Gasteiger charge is -2.41. The van der Waals surface area contributed by atoms with Crippen molar-refractivity contribution >= 4 is 5.78 Å². The molecule has 0 fully saturated rings. The molecule has 0 saturated heterocycles. The maximum absolute atomic E-state index is 13.0. The van der Waals surface area contributed by atoms with Gasteiger partial charge in [-0.1, -0.05) is 54.5 Å². The molecular weight excluding hydrogens is 250 g/mol. The molecule has 0 unspecified atom stereocenters. The summed E-state index contributed by atoms with van der Waals surface area (Å²) in [5, 5.41) is 14.3. The van der Waals surface area contributed by atoms with E-state index in [9.17, 15) is 10.0 Å². The fourth-order valence-electron chi connectivity index (χ4n) is 3.34. The highest BCUT2D eigenvalue weighted by molar-refractivity contribution is 6.01. The van der Waals surface area contributed by atoms with Crippen molar-refractivity contribution in [1.82, 2.24) is 5.06 Å². The highest BCUT2D eigenvalue weighted by Gasteiger charge is 2.55. The normalized spacial score (nSPS) is 21.9. The fraction of sp³-hybridized carbons (Fsp3) is 0.824. The second-order valence-electron chi connectivity index (χ2n) is 6.98. The van der Waals surface area contributed by atoms with Crippen LogP contribution in [0.25, 0.3) is 0 Å². The highest BCUT2D eigenvalue weighted by Crippen LogP contribution is 2.48. The third-order valence-electron chi connectivity index (χ3n) is 5.03. The molecule has 1 rings (SSSR count). The van der Waals surface area contributed by atoms with E-state index in [2.05, 4.69) is 0 Å². The second kappa shape index (κ2) is 5.61. The molecule has 1 aliphatic heterocycles. The first kappa shape index (κ1) is 17.4. The molecule has 0 N–H and O–H groups in total. The molecule has 1 radical (unpaired) electrons. The van der Waals surface area contributed by atoms with Crippen LogP contribution in [0.2, 0.25) is 0 Å². The molecule has 0 aromatic rings. The topological polar surface area (TPSA) is 40.2 Å².